The fourth-order valence-electron chi connectivity index (χ4n) is 1.14. The summed E-state index contributed by atoms with van der Waals surface area (Å²) in [6.07, 6.45) is -5.11. The van der Waals surface area contributed by atoms with E-state index >= 15 is 0 Å². The van der Waals surface area contributed by atoms with E-state index in [1.807, 2.05) is 0 Å². The molecule has 0 bridgehead atoms. The van der Waals surface area contributed by atoms with Crippen LogP contribution in [0.25, 0.3) is 0 Å². The Morgan fingerprint density at radius 1 is 1.38 bits per heavy atom. The van der Waals surface area contributed by atoms with Crippen molar-refractivity contribution < 1.29 is 23.1 Å². The molecular formula is C9H7ClF3NO2. The highest BCUT2D eigenvalue weighted by molar-refractivity contribution is 6.30. The fourth-order valence-corrected chi connectivity index (χ4v) is 1.33. The molecule has 0 saturated heterocycles. The quantitative estimate of drug-likeness (QED) is 0.849. The lowest BCUT2D eigenvalue weighted by molar-refractivity contribution is -0.204. The number of aliphatic carboxylic acids is 1. The second-order valence-electron chi connectivity index (χ2n) is 3.12. The van der Waals surface area contributed by atoms with Gasteiger partial charge in [0.1, 0.15) is 0 Å². The first kappa shape index (κ1) is 12.8. The first-order chi connectivity index (χ1) is 7.19. The third-order valence-electron chi connectivity index (χ3n) is 2.06. The van der Waals surface area contributed by atoms with Gasteiger partial charge in [-0.15, -0.1) is 0 Å². The number of halogens is 4. The minimum absolute atomic E-state index is 0.0159. The van der Waals surface area contributed by atoms with Crippen molar-refractivity contribution in [1.82, 2.24) is 0 Å². The molecule has 7 heteroatoms. The Labute approximate surface area is 93.6 Å². The molecule has 0 aliphatic rings. The molecule has 1 atom stereocenters. The number of benzene rings is 1. The van der Waals surface area contributed by atoms with E-state index in [2.05, 4.69) is 0 Å². The third-order valence-corrected chi connectivity index (χ3v) is 2.30. The molecule has 0 amide bonds. The SMILES string of the molecule is N[C@@](C(=O)O)(c1cccc(Cl)c1)C(F)(F)F. The molecule has 0 aliphatic heterocycles. The van der Waals surface area contributed by atoms with Crippen molar-refractivity contribution in [2.24, 2.45) is 5.73 Å². The number of carboxylic acid groups (broad SMARTS) is 1. The zero-order valence-electron chi connectivity index (χ0n) is 7.75. The summed E-state index contributed by atoms with van der Waals surface area (Å²) < 4.78 is 37.9. The normalized spacial score (nSPS) is 15.6. The van der Waals surface area contributed by atoms with Crippen LogP contribution in [0.4, 0.5) is 13.2 Å². The number of alkyl halides is 3. The number of rotatable bonds is 2. The van der Waals surface area contributed by atoms with Gasteiger partial charge in [0.15, 0.2) is 0 Å². The van der Waals surface area contributed by atoms with Crippen LogP contribution in [0.3, 0.4) is 0 Å². The molecule has 0 unspecified atom stereocenters. The van der Waals surface area contributed by atoms with Crippen molar-refractivity contribution in [3.8, 4) is 0 Å². The van der Waals surface area contributed by atoms with E-state index in [1.54, 1.807) is 0 Å². The molecule has 0 radical (unpaired) electrons. The van der Waals surface area contributed by atoms with Gasteiger partial charge in [0, 0.05) is 5.02 Å². The van der Waals surface area contributed by atoms with E-state index in [0.29, 0.717) is 0 Å². The largest absolute Gasteiger partial charge is 0.479 e. The van der Waals surface area contributed by atoms with E-state index in [-0.39, 0.29) is 5.02 Å². The van der Waals surface area contributed by atoms with Gasteiger partial charge in [-0.3, -0.25) is 0 Å². The molecule has 1 aromatic rings. The van der Waals surface area contributed by atoms with Crippen molar-refractivity contribution in [1.29, 1.82) is 0 Å². The predicted octanol–water partition coefficient (Wildman–Crippen LogP) is 2.14. The number of hydrogen-bond donors (Lipinski definition) is 2. The molecule has 88 valence electrons. The number of nitrogens with two attached hydrogens (primary N) is 1. The summed E-state index contributed by atoms with van der Waals surface area (Å²) in [4.78, 5) is 10.7. The molecule has 1 aromatic carbocycles. The summed E-state index contributed by atoms with van der Waals surface area (Å²) in [5.74, 6) is -2.18. The predicted molar refractivity (Wildman–Crippen MR) is 51.0 cm³/mol. The smallest absolute Gasteiger partial charge is 0.421 e. The average Bonchev–Trinajstić information content (AvgIpc) is 2.14. The molecular weight excluding hydrogens is 247 g/mol. The van der Waals surface area contributed by atoms with Crippen molar-refractivity contribution in [3.05, 3.63) is 34.9 Å². The lowest BCUT2D eigenvalue weighted by atomic mass is 9.90. The van der Waals surface area contributed by atoms with Gasteiger partial charge in [-0.2, -0.15) is 13.2 Å². The summed E-state index contributed by atoms with van der Waals surface area (Å²) in [5, 5.41) is 8.61. The van der Waals surface area contributed by atoms with E-state index in [1.165, 1.54) is 12.1 Å². The van der Waals surface area contributed by atoms with E-state index in [0.717, 1.165) is 12.1 Å². The van der Waals surface area contributed by atoms with Gasteiger partial charge in [0.2, 0.25) is 5.54 Å². The fraction of sp³-hybridized carbons (Fsp3) is 0.222. The van der Waals surface area contributed by atoms with Gasteiger partial charge < -0.3 is 10.8 Å². The van der Waals surface area contributed by atoms with Crippen molar-refractivity contribution in [2.75, 3.05) is 0 Å². The molecule has 1 rings (SSSR count). The highest BCUT2D eigenvalue weighted by atomic mass is 35.5. The van der Waals surface area contributed by atoms with Gasteiger partial charge >= 0.3 is 12.1 Å². The number of carbonyl (C=O) groups is 1. The average molecular weight is 254 g/mol. The molecule has 0 aliphatic carbocycles. The van der Waals surface area contributed by atoms with Gasteiger partial charge in [-0.1, -0.05) is 23.7 Å². The molecule has 0 aromatic heterocycles. The molecule has 0 spiro atoms. The van der Waals surface area contributed by atoms with Gasteiger partial charge in [0.25, 0.3) is 0 Å². The lowest BCUT2D eigenvalue weighted by Crippen LogP contribution is -2.56. The van der Waals surface area contributed by atoms with E-state index < -0.39 is 23.2 Å². The number of carboxylic acids is 1. The lowest BCUT2D eigenvalue weighted by Gasteiger charge is -2.27. The summed E-state index contributed by atoms with van der Waals surface area (Å²) in [6.45, 7) is 0. The van der Waals surface area contributed by atoms with Gasteiger partial charge in [0.05, 0.1) is 0 Å². The Bertz CT molecular complexity index is 421. The second kappa shape index (κ2) is 3.95. The summed E-state index contributed by atoms with van der Waals surface area (Å²) in [5.41, 5.74) is 0.867. The van der Waals surface area contributed by atoms with Crippen LogP contribution >= 0.6 is 11.6 Å². The van der Waals surface area contributed by atoms with Crippen LogP contribution in [0.5, 0.6) is 0 Å². The number of hydrogen-bond acceptors (Lipinski definition) is 2. The minimum Gasteiger partial charge on any atom is -0.479 e. The molecule has 16 heavy (non-hydrogen) atoms. The second-order valence-corrected chi connectivity index (χ2v) is 3.56. The van der Waals surface area contributed by atoms with Crippen molar-refractivity contribution in [2.45, 2.75) is 11.7 Å². The monoisotopic (exact) mass is 253 g/mol. The maximum absolute atomic E-state index is 12.6. The van der Waals surface area contributed by atoms with Crippen LogP contribution in [0.15, 0.2) is 24.3 Å². The van der Waals surface area contributed by atoms with Crippen LogP contribution in [-0.4, -0.2) is 17.3 Å². The molecule has 3 nitrogen and oxygen atoms in total. The molecule has 0 heterocycles. The maximum Gasteiger partial charge on any atom is 0.421 e. The van der Waals surface area contributed by atoms with Crippen LogP contribution in [0, 0.1) is 0 Å². The topological polar surface area (TPSA) is 63.3 Å². The third kappa shape index (κ3) is 1.98. The Kier molecular flexibility index (Phi) is 3.16. The Hall–Kier alpha value is -1.27. The van der Waals surface area contributed by atoms with E-state index in [9.17, 15) is 18.0 Å². The first-order valence-electron chi connectivity index (χ1n) is 4.04. The molecule has 3 N–H and O–H groups in total. The summed E-state index contributed by atoms with van der Waals surface area (Å²) in [7, 11) is 0. The molecule has 0 saturated carbocycles. The Balaban J connectivity index is 3.39. The standard InChI is InChI=1S/C9H7ClF3NO2/c10-6-3-1-2-5(4-6)8(14,7(15)16)9(11,12)13/h1-4H,14H2,(H,15,16)/t8-/m1/s1. The van der Waals surface area contributed by atoms with Gasteiger partial charge in [-0.05, 0) is 17.7 Å². The molecule has 0 fully saturated rings. The Morgan fingerprint density at radius 2 is 1.94 bits per heavy atom. The van der Waals surface area contributed by atoms with Crippen molar-refractivity contribution >= 4 is 17.6 Å². The van der Waals surface area contributed by atoms with E-state index in [4.69, 9.17) is 22.4 Å². The highest BCUT2D eigenvalue weighted by Crippen LogP contribution is 2.37. The van der Waals surface area contributed by atoms with Crippen LogP contribution in [-0.2, 0) is 10.3 Å². The van der Waals surface area contributed by atoms with Crippen molar-refractivity contribution in [3.63, 3.8) is 0 Å². The Morgan fingerprint density at radius 3 is 2.31 bits per heavy atom. The van der Waals surface area contributed by atoms with Crippen LogP contribution < -0.4 is 5.73 Å². The van der Waals surface area contributed by atoms with Crippen LogP contribution in [0.1, 0.15) is 5.56 Å². The minimum atomic E-state index is -5.11. The maximum atomic E-state index is 12.6. The first-order valence-corrected chi connectivity index (χ1v) is 4.42. The summed E-state index contributed by atoms with van der Waals surface area (Å²) >= 11 is 5.49. The zero-order chi connectivity index (χ0) is 12.6. The van der Waals surface area contributed by atoms with Crippen LogP contribution in [0.2, 0.25) is 5.02 Å². The highest BCUT2D eigenvalue weighted by Gasteiger charge is 2.59. The summed E-state index contributed by atoms with van der Waals surface area (Å²) in [6, 6.07) is 4.37. The van der Waals surface area contributed by atoms with Gasteiger partial charge in [-0.25, -0.2) is 4.79 Å². The zero-order valence-corrected chi connectivity index (χ0v) is 8.51.